The molecule has 3 aromatic rings. The number of halogens is 7. The number of carbonyl (C=O) groups excluding carboxylic acids is 4. The van der Waals surface area contributed by atoms with Crippen LogP contribution in [0.15, 0.2) is 54.6 Å². The summed E-state index contributed by atoms with van der Waals surface area (Å²) in [6, 6.07) is 16.2. The molecule has 0 amide bonds. The SMILES string of the molecule is C.CCOCC.COC(=O)C1CC2(C1)CC(O)(c1ccc(Cl)c(F)c1)C2.COC(=O)C1CC2(C1)CC(c1ccc(Cl)c(F)c1)C2.COC(=O)C1CC2(CC(=O)C2)C1.Fc1c[c-]ccc1Cl.[Br-].[Mg+2]. The first kappa shape index (κ1) is 60.7. The Hall–Kier alpha value is -2.43. The average molecular weight is 1070 g/mol. The van der Waals surface area contributed by atoms with E-state index in [4.69, 9.17) is 49.0 Å². The smallest absolute Gasteiger partial charge is 1.00 e. The van der Waals surface area contributed by atoms with Crippen molar-refractivity contribution in [2.45, 2.75) is 110 Å². The van der Waals surface area contributed by atoms with E-state index in [0.717, 1.165) is 70.1 Å². The van der Waals surface area contributed by atoms with Crippen LogP contribution < -0.4 is 17.0 Å². The molecule has 0 bridgehead atoms. The number of methoxy groups -OCH3 is 3. The van der Waals surface area contributed by atoms with E-state index >= 15 is 0 Å². The number of esters is 3. The van der Waals surface area contributed by atoms with Gasteiger partial charge in [-0.3, -0.25) is 23.6 Å². The fraction of sp³-hybridized carbons (Fsp3) is 0.560. The van der Waals surface area contributed by atoms with E-state index in [1.54, 1.807) is 18.2 Å². The topological polar surface area (TPSA) is 125 Å². The minimum Gasteiger partial charge on any atom is -1.00 e. The van der Waals surface area contributed by atoms with E-state index < -0.39 is 17.2 Å². The molecular formula is C50H61BrCl3F3MgO9. The van der Waals surface area contributed by atoms with Crippen molar-refractivity contribution in [3.63, 3.8) is 0 Å². The van der Waals surface area contributed by atoms with E-state index in [-0.39, 0.29) is 115 Å². The summed E-state index contributed by atoms with van der Waals surface area (Å²) >= 11 is 16.6. The first-order valence-electron chi connectivity index (χ1n) is 21.5. The molecule has 6 fully saturated rings. The molecular weight excluding hydrogens is 1010 g/mol. The van der Waals surface area contributed by atoms with Gasteiger partial charge in [0.2, 0.25) is 0 Å². The monoisotopic (exact) mass is 1070 g/mol. The van der Waals surface area contributed by atoms with Gasteiger partial charge in [-0.1, -0.05) is 42.8 Å². The molecule has 0 unspecified atom stereocenters. The Balaban J connectivity index is 0.000000304. The predicted octanol–water partition coefficient (Wildman–Crippen LogP) is 8.46. The number of hydrogen-bond donors (Lipinski definition) is 1. The third-order valence-electron chi connectivity index (χ3n) is 13.6. The number of Topliss-reactive ketones (excluding diaryl/α,β-unsaturated/α-hetero) is 1. The number of ether oxygens (including phenoxy) is 4. The average Bonchev–Trinajstić information content (AvgIpc) is 3.19. The molecule has 67 heavy (non-hydrogen) atoms. The summed E-state index contributed by atoms with van der Waals surface area (Å²) in [5.41, 5.74) is 1.13. The van der Waals surface area contributed by atoms with Crippen LogP contribution in [0.1, 0.15) is 115 Å². The Kier molecular flexibility index (Phi) is 23.7. The maximum atomic E-state index is 13.5. The van der Waals surface area contributed by atoms with Crippen LogP contribution in [0.25, 0.3) is 0 Å². The van der Waals surface area contributed by atoms with Gasteiger partial charge in [0.05, 0.1) is 54.7 Å². The molecule has 1 N–H and O–H groups in total. The molecule has 0 saturated heterocycles. The Morgan fingerprint density at radius 1 is 0.672 bits per heavy atom. The van der Waals surface area contributed by atoms with Gasteiger partial charge in [0, 0.05) is 31.9 Å². The van der Waals surface area contributed by atoms with Crippen molar-refractivity contribution in [1.82, 2.24) is 0 Å². The van der Waals surface area contributed by atoms with Crippen LogP contribution >= 0.6 is 34.8 Å². The first-order chi connectivity index (χ1) is 30.3. The molecule has 9 rings (SSSR count). The van der Waals surface area contributed by atoms with Crippen LogP contribution in [0.3, 0.4) is 0 Å². The molecule has 0 atom stereocenters. The zero-order valence-electron chi connectivity index (χ0n) is 38.0. The summed E-state index contributed by atoms with van der Waals surface area (Å²) in [6.45, 7) is 5.67. The first-order valence-corrected chi connectivity index (χ1v) is 22.7. The number of carbonyl (C=O) groups is 4. The minimum absolute atomic E-state index is 0. The second-order valence-corrected chi connectivity index (χ2v) is 19.4. The van der Waals surface area contributed by atoms with Crippen LogP contribution in [-0.4, -0.2) is 86.4 Å². The zero-order chi connectivity index (χ0) is 47.0. The summed E-state index contributed by atoms with van der Waals surface area (Å²) in [4.78, 5) is 44.5. The van der Waals surface area contributed by atoms with Crippen LogP contribution in [0.2, 0.25) is 15.1 Å². The third kappa shape index (κ3) is 15.0. The fourth-order valence-electron chi connectivity index (χ4n) is 10.4. The summed E-state index contributed by atoms with van der Waals surface area (Å²) in [5.74, 6) is -0.809. The maximum absolute atomic E-state index is 13.5. The van der Waals surface area contributed by atoms with Gasteiger partial charge in [0.15, 0.2) is 0 Å². The zero-order valence-corrected chi connectivity index (χ0v) is 43.2. The maximum Gasteiger partial charge on any atom is 2.00 e. The van der Waals surface area contributed by atoms with E-state index in [1.165, 1.54) is 51.7 Å². The second-order valence-electron chi connectivity index (χ2n) is 18.2. The van der Waals surface area contributed by atoms with E-state index in [9.17, 15) is 37.5 Å². The second kappa shape index (κ2) is 26.1. The van der Waals surface area contributed by atoms with Crippen molar-refractivity contribution in [2.75, 3.05) is 34.5 Å². The molecule has 0 aromatic heterocycles. The van der Waals surface area contributed by atoms with Crippen LogP contribution in [0, 0.1) is 57.5 Å². The molecule has 0 heterocycles. The largest absolute Gasteiger partial charge is 2.00 e. The quantitative estimate of drug-likeness (QED) is 0.107. The van der Waals surface area contributed by atoms with Gasteiger partial charge in [0.1, 0.15) is 17.4 Å². The summed E-state index contributed by atoms with van der Waals surface area (Å²) in [6.07, 6.45) is 9.68. The molecule has 0 radical (unpaired) electrons. The van der Waals surface area contributed by atoms with Crippen molar-refractivity contribution >= 4 is 81.5 Å². The van der Waals surface area contributed by atoms with Gasteiger partial charge in [-0.15, -0.1) is 23.7 Å². The number of benzene rings is 3. The van der Waals surface area contributed by atoms with Crippen molar-refractivity contribution in [3.8, 4) is 0 Å². The summed E-state index contributed by atoms with van der Waals surface area (Å²) in [7, 11) is 4.24. The Bertz CT molecular complexity index is 2100. The molecule has 6 aliphatic rings. The van der Waals surface area contributed by atoms with Gasteiger partial charge in [0.25, 0.3) is 0 Å². The van der Waals surface area contributed by atoms with Gasteiger partial charge < -0.3 is 41.0 Å². The van der Waals surface area contributed by atoms with Gasteiger partial charge in [-0.05, 0) is 141 Å². The molecule has 17 heteroatoms. The minimum atomic E-state index is -0.994. The van der Waals surface area contributed by atoms with Crippen molar-refractivity contribution < 1.29 is 73.4 Å². The summed E-state index contributed by atoms with van der Waals surface area (Å²) < 4.78 is 58.0. The standard InChI is InChI=1S/C15H16ClFO3.C15H16ClFO2.C9H12O3.C6H3ClF.C4H10O.CH4.BrH.Mg/c1-20-13(18)9-5-14(6-9)7-15(19,8-14)10-2-3-11(16)12(17)4-10;1-19-14(18)11-7-15(8-11)5-10(6-15)9-2-3-12(16)13(17)4-9;1-12-8(11)6-2-9(3-6)4-7(10)5-9;7-5-3-1-2-4-6(5)8;1-3-5-4-2;;;/h2-4,9,19H,5-8H2,1H3;2-4,10-11H,5-8H2,1H3;6H,2-5H2,1H3;1,3-4H;3-4H2,1-2H3;1H4;1H;/q;;;-1;;;;+2/p-1. The molecule has 9 nitrogen and oxygen atoms in total. The van der Waals surface area contributed by atoms with Crippen LogP contribution in [-0.2, 0) is 43.7 Å². The Morgan fingerprint density at radius 3 is 1.48 bits per heavy atom. The van der Waals surface area contributed by atoms with Crippen molar-refractivity contribution in [3.05, 3.63) is 104 Å². The van der Waals surface area contributed by atoms with E-state index in [0.29, 0.717) is 48.4 Å². The van der Waals surface area contributed by atoms with Gasteiger partial charge >= 0.3 is 41.0 Å². The van der Waals surface area contributed by atoms with Crippen LogP contribution in [0.5, 0.6) is 0 Å². The molecule has 3 aromatic carbocycles. The van der Waals surface area contributed by atoms with Gasteiger partial charge in [-0.2, -0.15) is 12.1 Å². The third-order valence-corrected chi connectivity index (χ3v) is 14.5. The Labute approximate surface area is 434 Å². The molecule has 366 valence electrons. The van der Waals surface area contributed by atoms with Crippen molar-refractivity contribution in [1.29, 1.82) is 0 Å². The molecule has 0 aliphatic heterocycles. The summed E-state index contributed by atoms with van der Waals surface area (Å²) in [5, 5.41) is 10.9. The predicted molar refractivity (Wildman–Crippen MR) is 249 cm³/mol. The number of rotatable bonds is 7. The number of hydrogen-bond acceptors (Lipinski definition) is 9. The van der Waals surface area contributed by atoms with Crippen LogP contribution in [0.4, 0.5) is 13.2 Å². The normalized spacial score (nSPS) is 26.2. The Morgan fingerprint density at radius 2 is 1.10 bits per heavy atom. The van der Waals surface area contributed by atoms with Gasteiger partial charge in [-0.25, -0.2) is 8.78 Å². The fourth-order valence-corrected chi connectivity index (χ4v) is 10.8. The molecule has 6 aliphatic carbocycles. The van der Waals surface area contributed by atoms with Crippen molar-refractivity contribution in [2.24, 2.45) is 34.0 Å². The molecule has 3 spiro atoms. The van der Waals surface area contributed by atoms with E-state index in [2.05, 4.69) is 10.8 Å². The molecule has 6 saturated carbocycles. The number of ketones is 1. The number of aliphatic hydroxyl groups is 1. The van der Waals surface area contributed by atoms with E-state index in [1.807, 2.05) is 19.9 Å².